The molecule has 1 saturated carbocycles. The highest BCUT2D eigenvalue weighted by Gasteiger charge is 2.58. The molecule has 2 fully saturated rings. The van der Waals surface area contributed by atoms with Crippen molar-refractivity contribution in [1.29, 1.82) is 0 Å². The van der Waals surface area contributed by atoms with Crippen LogP contribution in [0, 0.1) is 11.3 Å². The highest BCUT2D eigenvalue weighted by atomic mass is 32.2. The second-order valence-electron chi connectivity index (χ2n) is 4.12. The van der Waals surface area contributed by atoms with Gasteiger partial charge in [0.15, 0.2) is 9.84 Å². The van der Waals surface area contributed by atoms with E-state index in [9.17, 15) is 8.42 Å². The van der Waals surface area contributed by atoms with Crippen molar-refractivity contribution in [2.24, 2.45) is 11.3 Å². The third-order valence-corrected chi connectivity index (χ3v) is 5.10. The van der Waals surface area contributed by atoms with Gasteiger partial charge in [0.05, 0.1) is 11.5 Å². The summed E-state index contributed by atoms with van der Waals surface area (Å²) < 4.78 is 22.3. The number of rotatable bonds is 2. The molecule has 1 saturated heterocycles. The standard InChI is InChI=1S/C8H14O3S/c9-3-1-7-5-8(7)2-4-12(10,11)6-8/h7,9H,1-6H2. The maximum absolute atomic E-state index is 11.2. The molecule has 2 rings (SSSR count). The third-order valence-electron chi connectivity index (χ3n) is 3.25. The normalized spacial score (nSPS) is 43.6. The van der Waals surface area contributed by atoms with Gasteiger partial charge in [0.25, 0.3) is 0 Å². The average molecular weight is 190 g/mol. The fourth-order valence-electron chi connectivity index (χ4n) is 2.42. The van der Waals surface area contributed by atoms with Crippen molar-refractivity contribution in [1.82, 2.24) is 0 Å². The lowest BCUT2D eigenvalue weighted by Gasteiger charge is -2.03. The Hall–Kier alpha value is -0.0900. The minimum absolute atomic E-state index is 0.0988. The van der Waals surface area contributed by atoms with E-state index in [1.54, 1.807) is 0 Å². The van der Waals surface area contributed by atoms with Crippen LogP contribution < -0.4 is 0 Å². The summed E-state index contributed by atoms with van der Waals surface area (Å²) in [4.78, 5) is 0. The van der Waals surface area contributed by atoms with E-state index in [1.165, 1.54) is 0 Å². The number of sulfone groups is 1. The van der Waals surface area contributed by atoms with Gasteiger partial charge in [0, 0.05) is 6.61 Å². The van der Waals surface area contributed by atoms with Crippen LogP contribution in [-0.4, -0.2) is 31.6 Å². The SMILES string of the molecule is O=S1(=O)CCC2(CC2CCO)C1. The second kappa shape index (κ2) is 2.45. The van der Waals surface area contributed by atoms with Gasteiger partial charge in [-0.05, 0) is 30.6 Å². The van der Waals surface area contributed by atoms with Crippen molar-refractivity contribution in [2.45, 2.75) is 19.3 Å². The summed E-state index contributed by atoms with van der Waals surface area (Å²) in [6.07, 6.45) is 2.64. The first-order valence-electron chi connectivity index (χ1n) is 4.39. The number of aliphatic hydroxyl groups excluding tert-OH is 1. The van der Waals surface area contributed by atoms with Gasteiger partial charge in [-0.2, -0.15) is 0 Å². The van der Waals surface area contributed by atoms with Crippen LogP contribution in [-0.2, 0) is 9.84 Å². The zero-order valence-electron chi connectivity index (χ0n) is 6.99. The molecule has 0 radical (unpaired) electrons. The summed E-state index contributed by atoms with van der Waals surface area (Å²) in [6.45, 7) is 0.201. The van der Waals surface area contributed by atoms with Gasteiger partial charge >= 0.3 is 0 Å². The van der Waals surface area contributed by atoms with Gasteiger partial charge in [0.2, 0.25) is 0 Å². The van der Waals surface area contributed by atoms with E-state index < -0.39 is 9.84 Å². The first kappa shape index (κ1) is 8.51. The molecular weight excluding hydrogens is 176 g/mol. The van der Waals surface area contributed by atoms with Crippen molar-refractivity contribution in [3.05, 3.63) is 0 Å². The molecule has 70 valence electrons. The summed E-state index contributed by atoms with van der Waals surface area (Å²) in [5, 5.41) is 8.70. The molecule has 1 aliphatic heterocycles. The number of hydrogen-bond acceptors (Lipinski definition) is 3. The van der Waals surface area contributed by atoms with Gasteiger partial charge < -0.3 is 5.11 Å². The van der Waals surface area contributed by atoms with Gasteiger partial charge in [-0.1, -0.05) is 0 Å². The van der Waals surface area contributed by atoms with Crippen LogP contribution in [0.3, 0.4) is 0 Å². The Morgan fingerprint density at radius 1 is 1.50 bits per heavy atom. The maximum Gasteiger partial charge on any atom is 0.150 e. The summed E-state index contributed by atoms with van der Waals surface area (Å²) in [5.41, 5.74) is 0.0988. The zero-order chi connectivity index (χ0) is 8.82. The predicted molar refractivity (Wildman–Crippen MR) is 45.5 cm³/mol. The monoisotopic (exact) mass is 190 g/mol. The minimum atomic E-state index is -2.72. The molecule has 2 atom stereocenters. The molecule has 0 aromatic carbocycles. The van der Waals surface area contributed by atoms with E-state index in [0.717, 1.165) is 19.3 Å². The predicted octanol–water partition coefficient (Wildman–Crippen LogP) is 0.194. The lowest BCUT2D eigenvalue weighted by molar-refractivity contribution is 0.270. The summed E-state index contributed by atoms with van der Waals surface area (Å²) in [7, 11) is -2.72. The quantitative estimate of drug-likeness (QED) is 0.676. The van der Waals surface area contributed by atoms with Gasteiger partial charge in [-0.25, -0.2) is 8.42 Å². The van der Waals surface area contributed by atoms with Gasteiger partial charge in [-0.3, -0.25) is 0 Å². The molecule has 1 heterocycles. The van der Waals surface area contributed by atoms with Gasteiger partial charge in [-0.15, -0.1) is 0 Å². The number of hydrogen-bond donors (Lipinski definition) is 1. The molecule has 0 aromatic rings. The van der Waals surface area contributed by atoms with E-state index in [-0.39, 0.29) is 12.0 Å². The lowest BCUT2D eigenvalue weighted by atomic mass is 10.0. The van der Waals surface area contributed by atoms with Crippen molar-refractivity contribution in [2.75, 3.05) is 18.1 Å². The van der Waals surface area contributed by atoms with Crippen LogP contribution in [0.4, 0.5) is 0 Å². The van der Waals surface area contributed by atoms with Crippen LogP contribution in [0.25, 0.3) is 0 Å². The first-order valence-corrected chi connectivity index (χ1v) is 6.21. The van der Waals surface area contributed by atoms with Crippen molar-refractivity contribution >= 4 is 9.84 Å². The fraction of sp³-hybridized carbons (Fsp3) is 1.00. The molecular formula is C8H14O3S. The Morgan fingerprint density at radius 3 is 2.75 bits per heavy atom. The van der Waals surface area contributed by atoms with Crippen molar-refractivity contribution in [3.63, 3.8) is 0 Å². The maximum atomic E-state index is 11.2. The summed E-state index contributed by atoms with van der Waals surface area (Å²) in [6, 6.07) is 0. The molecule has 0 amide bonds. The minimum Gasteiger partial charge on any atom is -0.396 e. The van der Waals surface area contributed by atoms with E-state index in [4.69, 9.17) is 5.11 Å². The molecule has 12 heavy (non-hydrogen) atoms. The molecule has 0 bridgehead atoms. The van der Waals surface area contributed by atoms with E-state index in [1.807, 2.05) is 0 Å². The highest BCUT2D eigenvalue weighted by Crippen LogP contribution is 2.60. The molecule has 2 aliphatic rings. The van der Waals surface area contributed by atoms with Crippen LogP contribution >= 0.6 is 0 Å². The molecule has 0 aromatic heterocycles. The summed E-state index contributed by atoms with van der Waals surface area (Å²) >= 11 is 0. The van der Waals surface area contributed by atoms with Crippen LogP contribution in [0.2, 0.25) is 0 Å². The molecule has 1 spiro atoms. The Labute approximate surface area is 72.7 Å². The Balaban J connectivity index is 2.02. The van der Waals surface area contributed by atoms with Crippen LogP contribution in [0.5, 0.6) is 0 Å². The van der Waals surface area contributed by atoms with Gasteiger partial charge in [0.1, 0.15) is 0 Å². The second-order valence-corrected chi connectivity index (χ2v) is 6.30. The largest absolute Gasteiger partial charge is 0.396 e. The van der Waals surface area contributed by atoms with E-state index in [2.05, 4.69) is 0 Å². The van der Waals surface area contributed by atoms with Crippen LogP contribution in [0.1, 0.15) is 19.3 Å². The third kappa shape index (κ3) is 1.27. The molecule has 4 heteroatoms. The molecule has 2 unspecified atom stereocenters. The molecule has 1 aliphatic carbocycles. The Kier molecular flexibility index (Phi) is 1.74. The Bertz CT molecular complexity index is 283. The highest BCUT2D eigenvalue weighted by molar-refractivity contribution is 7.91. The average Bonchev–Trinajstić information content (AvgIpc) is 2.50. The van der Waals surface area contributed by atoms with Crippen LogP contribution in [0.15, 0.2) is 0 Å². The summed E-state index contributed by atoms with van der Waals surface area (Å²) in [5.74, 6) is 1.24. The van der Waals surface area contributed by atoms with Crippen molar-refractivity contribution < 1.29 is 13.5 Å². The molecule has 3 nitrogen and oxygen atoms in total. The lowest BCUT2D eigenvalue weighted by Crippen LogP contribution is -2.08. The zero-order valence-corrected chi connectivity index (χ0v) is 7.81. The Morgan fingerprint density at radius 2 is 2.25 bits per heavy atom. The first-order chi connectivity index (χ1) is 5.58. The number of aliphatic hydroxyl groups is 1. The fourth-order valence-corrected chi connectivity index (χ4v) is 4.66. The van der Waals surface area contributed by atoms with E-state index >= 15 is 0 Å². The van der Waals surface area contributed by atoms with Crippen molar-refractivity contribution in [3.8, 4) is 0 Å². The molecule has 1 N–H and O–H groups in total. The topological polar surface area (TPSA) is 54.4 Å². The van der Waals surface area contributed by atoms with E-state index in [0.29, 0.717) is 17.4 Å². The smallest absolute Gasteiger partial charge is 0.150 e.